The van der Waals surface area contributed by atoms with Gasteiger partial charge in [0.2, 0.25) is 5.91 Å². The highest BCUT2D eigenvalue weighted by Crippen LogP contribution is 2.36. The fraction of sp³-hybridized carbons (Fsp3) is 0.786. The predicted octanol–water partition coefficient (Wildman–Crippen LogP) is 0.505. The molecule has 2 aliphatic rings. The standard InChI is InChI=1S/C14H23N3O4/c1-2-3-14(12(19)20)4-7-16(8-5-14)13(21)17-9-6-15-11(18)10-17/h2-10H2,1H3,(H,15,18)(H,19,20). The summed E-state index contributed by atoms with van der Waals surface area (Å²) in [5.74, 6) is -0.897. The van der Waals surface area contributed by atoms with Crippen molar-refractivity contribution in [3.63, 3.8) is 0 Å². The Balaban J connectivity index is 1.95. The Morgan fingerprint density at radius 2 is 1.90 bits per heavy atom. The number of carbonyl (C=O) groups is 3. The average molecular weight is 297 g/mol. The van der Waals surface area contributed by atoms with Gasteiger partial charge in [0.15, 0.2) is 0 Å². The predicted molar refractivity (Wildman–Crippen MR) is 75.8 cm³/mol. The van der Waals surface area contributed by atoms with Gasteiger partial charge in [0, 0.05) is 26.2 Å². The van der Waals surface area contributed by atoms with Gasteiger partial charge < -0.3 is 20.2 Å². The van der Waals surface area contributed by atoms with Crippen LogP contribution in [-0.2, 0) is 9.59 Å². The molecule has 2 aliphatic heterocycles. The number of nitrogens with one attached hydrogen (secondary N) is 1. The van der Waals surface area contributed by atoms with Gasteiger partial charge in [0.1, 0.15) is 6.54 Å². The number of carbonyl (C=O) groups excluding carboxylic acids is 2. The third-order valence-electron chi connectivity index (χ3n) is 4.48. The molecule has 0 aromatic heterocycles. The maximum absolute atomic E-state index is 12.4. The van der Waals surface area contributed by atoms with Crippen LogP contribution in [0.25, 0.3) is 0 Å². The SMILES string of the molecule is CCCC1(C(=O)O)CCN(C(=O)N2CCNC(=O)C2)CC1. The van der Waals surface area contributed by atoms with E-state index >= 15 is 0 Å². The molecule has 2 heterocycles. The lowest BCUT2D eigenvalue weighted by Gasteiger charge is -2.41. The molecule has 0 aromatic carbocycles. The first-order valence-corrected chi connectivity index (χ1v) is 7.52. The van der Waals surface area contributed by atoms with Crippen LogP contribution in [-0.4, -0.2) is 65.5 Å². The minimum atomic E-state index is -0.756. The van der Waals surface area contributed by atoms with E-state index in [2.05, 4.69) is 5.32 Å². The van der Waals surface area contributed by atoms with Crippen molar-refractivity contribution in [3.05, 3.63) is 0 Å². The van der Waals surface area contributed by atoms with E-state index in [1.165, 1.54) is 4.90 Å². The van der Waals surface area contributed by atoms with Crippen LogP contribution < -0.4 is 5.32 Å². The number of hydrogen-bond acceptors (Lipinski definition) is 3. The van der Waals surface area contributed by atoms with E-state index < -0.39 is 11.4 Å². The Morgan fingerprint density at radius 1 is 1.24 bits per heavy atom. The van der Waals surface area contributed by atoms with E-state index in [0.29, 0.717) is 45.4 Å². The van der Waals surface area contributed by atoms with Crippen LogP contribution in [0.1, 0.15) is 32.6 Å². The van der Waals surface area contributed by atoms with Gasteiger partial charge in [-0.3, -0.25) is 9.59 Å². The molecular formula is C14H23N3O4. The molecule has 2 N–H and O–H groups in total. The molecule has 118 valence electrons. The van der Waals surface area contributed by atoms with Crippen molar-refractivity contribution in [2.45, 2.75) is 32.6 Å². The fourth-order valence-corrected chi connectivity index (χ4v) is 3.18. The first-order valence-electron chi connectivity index (χ1n) is 7.52. The van der Waals surface area contributed by atoms with Gasteiger partial charge >= 0.3 is 12.0 Å². The number of urea groups is 1. The van der Waals surface area contributed by atoms with Gasteiger partial charge in [-0.1, -0.05) is 13.3 Å². The zero-order valence-corrected chi connectivity index (χ0v) is 12.4. The molecule has 0 radical (unpaired) electrons. The third-order valence-corrected chi connectivity index (χ3v) is 4.48. The second-order valence-corrected chi connectivity index (χ2v) is 5.88. The fourth-order valence-electron chi connectivity index (χ4n) is 3.18. The van der Waals surface area contributed by atoms with Crippen molar-refractivity contribution in [1.29, 1.82) is 0 Å². The molecule has 0 aromatic rings. The Hall–Kier alpha value is -1.79. The quantitative estimate of drug-likeness (QED) is 0.794. The molecule has 0 spiro atoms. The number of rotatable bonds is 3. The van der Waals surface area contributed by atoms with Crippen LogP contribution in [0.5, 0.6) is 0 Å². The van der Waals surface area contributed by atoms with Gasteiger partial charge in [0.25, 0.3) is 0 Å². The van der Waals surface area contributed by atoms with Crippen molar-refractivity contribution < 1.29 is 19.5 Å². The van der Waals surface area contributed by atoms with Crippen molar-refractivity contribution in [3.8, 4) is 0 Å². The van der Waals surface area contributed by atoms with Crippen molar-refractivity contribution >= 4 is 17.9 Å². The molecule has 2 rings (SSSR count). The topological polar surface area (TPSA) is 89.9 Å². The smallest absolute Gasteiger partial charge is 0.320 e. The molecule has 0 saturated carbocycles. The summed E-state index contributed by atoms with van der Waals surface area (Å²) < 4.78 is 0. The van der Waals surface area contributed by atoms with Crippen LogP contribution in [0, 0.1) is 5.41 Å². The van der Waals surface area contributed by atoms with Crippen molar-refractivity contribution in [2.24, 2.45) is 5.41 Å². The molecule has 0 unspecified atom stereocenters. The Bertz CT molecular complexity index is 430. The lowest BCUT2D eigenvalue weighted by Crippen LogP contribution is -2.56. The Labute approximate surface area is 124 Å². The normalized spacial score (nSPS) is 21.9. The number of aliphatic carboxylic acids is 1. The molecular weight excluding hydrogens is 274 g/mol. The van der Waals surface area contributed by atoms with Crippen molar-refractivity contribution in [2.75, 3.05) is 32.7 Å². The van der Waals surface area contributed by atoms with Crippen LogP contribution in [0.2, 0.25) is 0 Å². The van der Waals surface area contributed by atoms with E-state index in [1.807, 2.05) is 6.92 Å². The number of piperazine rings is 1. The maximum atomic E-state index is 12.4. The molecule has 2 saturated heterocycles. The maximum Gasteiger partial charge on any atom is 0.320 e. The molecule has 7 nitrogen and oxygen atoms in total. The average Bonchev–Trinajstić information content (AvgIpc) is 2.47. The van der Waals surface area contributed by atoms with E-state index in [9.17, 15) is 19.5 Å². The number of likely N-dealkylation sites (tertiary alicyclic amines) is 1. The third kappa shape index (κ3) is 3.28. The van der Waals surface area contributed by atoms with E-state index in [-0.39, 0.29) is 18.5 Å². The zero-order chi connectivity index (χ0) is 15.5. The van der Waals surface area contributed by atoms with Crippen LogP contribution in [0.3, 0.4) is 0 Å². The van der Waals surface area contributed by atoms with E-state index in [4.69, 9.17) is 0 Å². The van der Waals surface area contributed by atoms with Crippen molar-refractivity contribution in [1.82, 2.24) is 15.1 Å². The summed E-state index contributed by atoms with van der Waals surface area (Å²) in [4.78, 5) is 38.4. The van der Waals surface area contributed by atoms with Gasteiger partial charge in [-0.25, -0.2) is 4.79 Å². The van der Waals surface area contributed by atoms with Crippen LogP contribution >= 0.6 is 0 Å². The monoisotopic (exact) mass is 297 g/mol. The summed E-state index contributed by atoms with van der Waals surface area (Å²) >= 11 is 0. The first-order chi connectivity index (χ1) is 9.98. The summed E-state index contributed by atoms with van der Waals surface area (Å²) in [6, 6.07) is -0.152. The molecule has 0 aliphatic carbocycles. The molecule has 3 amide bonds. The van der Waals surface area contributed by atoms with Gasteiger partial charge in [-0.05, 0) is 19.3 Å². The molecule has 2 fully saturated rings. The highest BCUT2D eigenvalue weighted by molar-refractivity contribution is 5.85. The van der Waals surface area contributed by atoms with Gasteiger partial charge in [-0.15, -0.1) is 0 Å². The number of amides is 3. The highest BCUT2D eigenvalue weighted by atomic mass is 16.4. The van der Waals surface area contributed by atoms with Gasteiger partial charge in [0.05, 0.1) is 5.41 Å². The summed E-state index contributed by atoms with van der Waals surface area (Å²) in [5.41, 5.74) is -0.690. The summed E-state index contributed by atoms with van der Waals surface area (Å²) in [7, 11) is 0. The number of carboxylic acid groups (broad SMARTS) is 1. The second-order valence-electron chi connectivity index (χ2n) is 5.88. The van der Waals surface area contributed by atoms with Gasteiger partial charge in [-0.2, -0.15) is 0 Å². The number of nitrogens with zero attached hydrogens (tertiary/aromatic N) is 2. The minimum Gasteiger partial charge on any atom is -0.481 e. The Kier molecular flexibility index (Phi) is 4.69. The number of piperidine rings is 1. The second kappa shape index (κ2) is 6.32. The minimum absolute atomic E-state index is 0.0916. The van der Waals surface area contributed by atoms with E-state index in [1.54, 1.807) is 4.90 Å². The summed E-state index contributed by atoms with van der Waals surface area (Å²) in [6.07, 6.45) is 2.45. The molecule has 21 heavy (non-hydrogen) atoms. The summed E-state index contributed by atoms with van der Waals surface area (Å²) in [6.45, 7) is 3.96. The van der Waals surface area contributed by atoms with E-state index in [0.717, 1.165) is 6.42 Å². The lowest BCUT2D eigenvalue weighted by atomic mass is 9.75. The van der Waals surface area contributed by atoms with Crippen LogP contribution in [0.15, 0.2) is 0 Å². The van der Waals surface area contributed by atoms with Crippen LogP contribution in [0.4, 0.5) is 4.79 Å². The zero-order valence-electron chi connectivity index (χ0n) is 12.4. The first kappa shape index (κ1) is 15.6. The molecule has 0 atom stereocenters. The summed E-state index contributed by atoms with van der Waals surface area (Å²) in [5, 5.41) is 12.1. The molecule has 0 bridgehead atoms. The molecule has 7 heteroatoms. The largest absolute Gasteiger partial charge is 0.481 e. The Morgan fingerprint density at radius 3 is 2.43 bits per heavy atom. The highest BCUT2D eigenvalue weighted by Gasteiger charge is 2.42. The number of hydrogen-bond donors (Lipinski definition) is 2. The number of carboxylic acids is 1. The lowest BCUT2D eigenvalue weighted by molar-refractivity contribution is -0.152.